The van der Waals surface area contributed by atoms with Gasteiger partial charge in [-0.2, -0.15) is 0 Å². The highest BCUT2D eigenvalue weighted by Crippen LogP contribution is 2.25. The first kappa shape index (κ1) is 8.91. The Morgan fingerprint density at radius 2 is 1.92 bits per heavy atom. The summed E-state index contributed by atoms with van der Waals surface area (Å²) in [6.45, 7) is 2.07. The first-order valence-electron chi connectivity index (χ1n) is 3.94. The number of thiazole rings is 1. The van der Waals surface area contributed by atoms with Gasteiger partial charge in [-0.15, -0.1) is 11.3 Å². The zero-order valence-corrected chi connectivity index (χ0v) is 9.52. The van der Waals surface area contributed by atoms with Crippen LogP contribution in [0.3, 0.4) is 0 Å². The van der Waals surface area contributed by atoms with Crippen molar-refractivity contribution in [1.29, 1.82) is 0 Å². The Hall–Kier alpha value is -0.670. The zero-order valence-electron chi connectivity index (χ0n) is 7.12. The molecule has 0 amide bonds. The van der Waals surface area contributed by atoms with Crippen molar-refractivity contribution in [2.45, 2.75) is 6.92 Å². The molecular formula is C10H8BrNS. The van der Waals surface area contributed by atoms with Gasteiger partial charge in [0.1, 0.15) is 5.01 Å². The average Bonchev–Trinajstić information content (AvgIpc) is 2.53. The summed E-state index contributed by atoms with van der Waals surface area (Å²) >= 11 is 5.13. The van der Waals surface area contributed by atoms with E-state index in [1.54, 1.807) is 11.3 Å². The van der Waals surface area contributed by atoms with Gasteiger partial charge in [-0.25, -0.2) is 4.98 Å². The fourth-order valence-corrected chi connectivity index (χ4v) is 2.11. The Balaban J connectivity index is 2.41. The van der Waals surface area contributed by atoms with E-state index >= 15 is 0 Å². The highest BCUT2D eigenvalue weighted by atomic mass is 79.9. The molecule has 1 heterocycles. The second-order valence-corrected chi connectivity index (χ2v) is 4.93. The van der Waals surface area contributed by atoms with Crippen LogP contribution in [0.1, 0.15) is 4.88 Å². The number of halogens is 1. The van der Waals surface area contributed by atoms with E-state index in [1.165, 1.54) is 10.4 Å². The van der Waals surface area contributed by atoms with Crippen LogP contribution in [-0.4, -0.2) is 4.98 Å². The van der Waals surface area contributed by atoms with Crippen LogP contribution in [0.4, 0.5) is 0 Å². The second-order valence-electron chi connectivity index (χ2n) is 2.78. The van der Waals surface area contributed by atoms with E-state index < -0.39 is 0 Å². The minimum absolute atomic E-state index is 1.09. The molecule has 0 aliphatic carbocycles. The molecule has 0 unspecified atom stereocenters. The van der Waals surface area contributed by atoms with Crippen LogP contribution in [0.25, 0.3) is 10.6 Å². The van der Waals surface area contributed by atoms with Crippen molar-refractivity contribution in [2.75, 3.05) is 0 Å². The molecular weight excluding hydrogens is 246 g/mol. The number of rotatable bonds is 1. The van der Waals surface area contributed by atoms with Gasteiger partial charge in [0.25, 0.3) is 0 Å². The molecule has 0 saturated carbocycles. The number of nitrogens with zero attached hydrogens (tertiary/aromatic N) is 1. The molecule has 0 spiro atoms. The highest BCUT2D eigenvalue weighted by molar-refractivity contribution is 9.10. The predicted molar refractivity (Wildman–Crippen MR) is 60.0 cm³/mol. The molecule has 1 aromatic heterocycles. The zero-order chi connectivity index (χ0) is 9.26. The highest BCUT2D eigenvalue weighted by Gasteiger charge is 2.00. The average molecular weight is 254 g/mol. The number of aryl methyl sites for hydroxylation is 1. The maximum absolute atomic E-state index is 4.32. The largest absolute Gasteiger partial charge is 0.244 e. The molecule has 0 aliphatic rings. The van der Waals surface area contributed by atoms with Gasteiger partial charge < -0.3 is 0 Å². The lowest BCUT2D eigenvalue weighted by Gasteiger charge is -1.94. The van der Waals surface area contributed by atoms with Gasteiger partial charge in [0.05, 0.1) is 0 Å². The van der Waals surface area contributed by atoms with Gasteiger partial charge >= 0.3 is 0 Å². The molecule has 66 valence electrons. The first-order chi connectivity index (χ1) is 6.25. The summed E-state index contributed by atoms with van der Waals surface area (Å²) in [5, 5.41) is 1.09. The minimum atomic E-state index is 1.09. The topological polar surface area (TPSA) is 12.9 Å². The lowest BCUT2D eigenvalue weighted by molar-refractivity contribution is 1.38. The van der Waals surface area contributed by atoms with E-state index in [4.69, 9.17) is 0 Å². The van der Waals surface area contributed by atoms with Crippen LogP contribution in [-0.2, 0) is 0 Å². The van der Waals surface area contributed by atoms with E-state index in [0.29, 0.717) is 0 Å². The molecule has 1 aromatic carbocycles. The van der Waals surface area contributed by atoms with Crippen molar-refractivity contribution >= 4 is 27.3 Å². The van der Waals surface area contributed by atoms with E-state index in [2.05, 4.69) is 40.0 Å². The fourth-order valence-electron chi connectivity index (χ4n) is 1.08. The normalized spacial score (nSPS) is 10.3. The van der Waals surface area contributed by atoms with Crippen LogP contribution in [0.15, 0.2) is 34.9 Å². The van der Waals surface area contributed by atoms with Crippen molar-refractivity contribution < 1.29 is 0 Å². The van der Waals surface area contributed by atoms with Crippen molar-refractivity contribution in [3.05, 3.63) is 39.8 Å². The lowest BCUT2D eigenvalue weighted by atomic mass is 10.2. The van der Waals surface area contributed by atoms with E-state index in [-0.39, 0.29) is 0 Å². The smallest absolute Gasteiger partial charge is 0.123 e. The Labute approximate surface area is 89.6 Å². The van der Waals surface area contributed by atoms with Gasteiger partial charge in [0, 0.05) is 21.1 Å². The van der Waals surface area contributed by atoms with Gasteiger partial charge in [-0.05, 0) is 19.1 Å². The molecule has 0 bridgehead atoms. The standard InChI is InChI=1S/C10H8BrNS/c1-7-6-12-10(13-7)8-2-4-9(11)5-3-8/h2-6H,1H3. The Kier molecular flexibility index (Phi) is 2.47. The quantitative estimate of drug-likeness (QED) is 0.752. The van der Waals surface area contributed by atoms with Crippen LogP contribution >= 0.6 is 27.3 Å². The Morgan fingerprint density at radius 3 is 2.46 bits per heavy atom. The summed E-state index contributed by atoms with van der Waals surface area (Å²) in [6.07, 6.45) is 1.90. The third kappa shape index (κ3) is 1.98. The predicted octanol–water partition coefficient (Wildman–Crippen LogP) is 3.88. The SMILES string of the molecule is Cc1cnc(-c2ccc(Br)cc2)s1. The van der Waals surface area contributed by atoms with Gasteiger partial charge in [0.2, 0.25) is 0 Å². The van der Waals surface area contributed by atoms with E-state index in [9.17, 15) is 0 Å². The summed E-state index contributed by atoms with van der Waals surface area (Å²) in [5.41, 5.74) is 1.18. The molecule has 2 rings (SSSR count). The molecule has 0 fully saturated rings. The van der Waals surface area contributed by atoms with E-state index in [1.807, 2.05) is 18.3 Å². The van der Waals surface area contributed by atoms with Gasteiger partial charge in [-0.3, -0.25) is 0 Å². The molecule has 0 atom stereocenters. The molecule has 0 aliphatic heterocycles. The molecule has 13 heavy (non-hydrogen) atoms. The number of aromatic nitrogens is 1. The minimum Gasteiger partial charge on any atom is -0.244 e. The molecule has 1 nitrogen and oxygen atoms in total. The first-order valence-corrected chi connectivity index (χ1v) is 5.55. The molecule has 0 N–H and O–H groups in total. The number of hydrogen-bond acceptors (Lipinski definition) is 2. The Bertz CT molecular complexity index is 405. The Morgan fingerprint density at radius 1 is 1.23 bits per heavy atom. The lowest BCUT2D eigenvalue weighted by Crippen LogP contribution is -1.73. The molecule has 0 radical (unpaired) electrons. The summed E-state index contributed by atoms with van der Waals surface area (Å²) in [7, 11) is 0. The van der Waals surface area contributed by atoms with Crippen LogP contribution < -0.4 is 0 Å². The molecule has 3 heteroatoms. The second kappa shape index (κ2) is 3.60. The van der Waals surface area contributed by atoms with Crippen LogP contribution in [0.5, 0.6) is 0 Å². The summed E-state index contributed by atoms with van der Waals surface area (Å²) in [5.74, 6) is 0. The third-order valence-electron chi connectivity index (χ3n) is 1.71. The third-order valence-corrected chi connectivity index (χ3v) is 3.20. The molecule has 2 aromatic rings. The summed E-state index contributed by atoms with van der Waals surface area (Å²) in [4.78, 5) is 5.57. The van der Waals surface area contributed by atoms with E-state index in [0.717, 1.165) is 9.48 Å². The van der Waals surface area contributed by atoms with Crippen LogP contribution in [0, 0.1) is 6.92 Å². The van der Waals surface area contributed by atoms with Crippen molar-refractivity contribution in [3.8, 4) is 10.6 Å². The van der Waals surface area contributed by atoms with Gasteiger partial charge in [0.15, 0.2) is 0 Å². The maximum atomic E-state index is 4.32. The number of benzene rings is 1. The number of hydrogen-bond donors (Lipinski definition) is 0. The maximum Gasteiger partial charge on any atom is 0.123 e. The van der Waals surface area contributed by atoms with Crippen LogP contribution in [0.2, 0.25) is 0 Å². The fraction of sp³-hybridized carbons (Fsp3) is 0.100. The monoisotopic (exact) mass is 253 g/mol. The summed E-state index contributed by atoms with van der Waals surface area (Å²) in [6, 6.07) is 8.21. The van der Waals surface area contributed by atoms with Crippen molar-refractivity contribution in [1.82, 2.24) is 4.98 Å². The van der Waals surface area contributed by atoms with Crippen molar-refractivity contribution in [3.63, 3.8) is 0 Å². The summed E-state index contributed by atoms with van der Waals surface area (Å²) < 4.78 is 1.10. The van der Waals surface area contributed by atoms with Crippen molar-refractivity contribution in [2.24, 2.45) is 0 Å². The molecule has 0 saturated heterocycles. The van der Waals surface area contributed by atoms with Gasteiger partial charge in [-0.1, -0.05) is 28.1 Å².